The predicted molar refractivity (Wildman–Crippen MR) is 116 cm³/mol. The number of thiocarbonyl (C=S) groups is 1. The van der Waals surface area contributed by atoms with Gasteiger partial charge >= 0.3 is 12.6 Å². The van der Waals surface area contributed by atoms with Gasteiger partial charge in [-0.2, -0.15) is 13.9 Å². The Hall–Kier alpha value is -2.56. The summed E-state index contributed by atoms with van der Waals surface area (Å²) in [5, 5.41) is 3.62. The van der Waals surface area contributed by atoms with Crippen LogP contribution in [0.1, 0.15) is 0 Å². The Labute approximate surface area is 196 Å². The number of nitrogens with zero attached hydrogens (tertiary/aromatic N) is 2. The van der Waals surface area contributed by atoms with Crippen molar-refractivity contribution in [3.05, 3.63) is 51.8 Å². The molecule has 0 N–H and O–H groups in total. The lowest BCUT2D eigenvalue weighted by atomic mass is 9.94. The minimum atomic E-state index is -3.14. The van der Waals surface area contributed by atoms with E-state index in [2.05, 4.69) is 9.84 Å². The van der Waals surface area contributed by atoms with Crippen LogP contribution in [0.5, 0.6) is 11.6 Å². The van der Waals surface area contributed by atoms with Gasteiger partial charge in [0.1, 0.15) is 22.3 Å². The summed E-state index contributed by atoms with van der Waals surface area (Å²) in [6.45, 7) is -3.15. The summed E-state index contributed by atoms with van der Waals surface area (Å²) in [5.74, 6) is -2.16. The number of methoxy groups -OCH3 is 1. The fourth-order valence-corrected chi connectivity index (χ4v) is 3.74. The number of carbonyl (C=O) groups excluding carboxylic acids is 1. The third-order valence-corrected chi connectivity index (χ3v) is 5.61. The Balaban J connectivity index is 1.86. The Bertz CT molecular complexity index is 1130. The molecule has 1 aromatic heterocycles. The molecule has 1 unspecified atom stereocenters. The Morgan fingerprint density at radius 3 is 2.72 bits per heavy atom. The zero-order valence-electron chi connectivity index (χ0n) is 16.6. The molecule has 0 saturated carbocycles. The zero-order valence-corrected chi connectivity index (χ0v) is 18.9. The molecule has 170 valence electrons. The first-order chi connectivity index (χ1) is 15.1. The van der Waals surface area contributed by atoms with Crippen molar-refractivity contribution in [3.8, 4) is 22.9 Å². The lowest BCUT2D eigenvalue weighted by Gasteiger charge is -2.20. The Kier molecular flexibility index (Phi) is 7.47. The van der Waals surface area contributed by atoms with Gasteiger partial charge in [-0.25, -0.2) is 13.9 Å². The highest BCUT2D eigenvalue weighted by atomic mass is 35.5. The quantitative estimate of drug-likeness (QED) is 0.381. The molecule has 1 aromatic carbocycles. The first-order valence-corrected chi connectivity index (χ1v) is 10.1. The maximum atomic E-state index is 14.6. The van der Waals surface area contributed by atoms with Crippen LogP contribution in [0.4, 0.5) is 13.2 Å². The zero-order chi connectivity index (χ0) is 23.6. The van der Waals surface area contributed by atoms with Crippen molar-refractivity contribution in [1.29, 1.82) is 0 Å². The van der Waals surface area contributed by atoms with Crippen LogP contribution < -0.4 is 9.47 Å². The average molecular weight is 507 g/mol. The SMILES string of the molecule is COC(=O)C1=CC=CC(COc2cc(-c3nn(C)c(OC(F)F)c3Cl)c(F)cc2Cl)C1=S. The second-order valence-corrected chi connectivity index (χ2v) is 7.70. The van der Waals surface area contributed by atoms with Crippen LogP contribution in [0.15, 0.2) is 35.9 Å². The van der Waals surface area contributed by atoms with Crippen molar-refractivity contribution >= 4 is 46.3 Å². The van der Waals surface area contributed by atoms with Crippen LogP contribution in [-0.4, -0.2) is 40.9 Å². The molecule has 0 spiro atoms. The molecule has 0 fully saturated rings. The molecule has 6 nitrogen and oxygen atoms in total. The number of aromatic nitrogens is 2. The van der Waals surface area contributed by atoms with Crippen molar-refractivity contribution < 1.29 is 32.2 Å². The Morgan fingerprint density at radius 1 is 1.34 bits per heavy atom. The standard InChI is InChI=1S/C20H15Cl2F3N2O4S/c1-27-18(31-20(24)25)15(22)16(26-27)11-6-14(12(21)7-13(11)23)30-8-9-4-3-5-10(17(9)32)19(28)29-2/h3-7,9,20H,8H2,1-2H3. The minimum Gasteiger partial charge on any atom is -0.491 e. The van der Waals surface area contributed by atoms with E-state index < -0.39 is 30.2 Å². The number of benzene rings is 1. The summed E-state index contributed by atoms with van der Waals surface area (Å²) < 4.78 is 55.6. The van der Waals surface area contributed by atoms with Crippen molar-refractivity contribution in [2.75, 3.05) is 13.7 Å². The molecule has 0 radical (unpaired) electrons. The van der Waals surface area contributed by atoms with Crippen LogP contribution in [0.25, 0.3) is 11.3 Å². The van der Waals surface area contributed by atoms with Gasteiger partial charge in [0, 0.05) is 23.4 Å². The van der Waals surface area contributed by atoms with E-state index in [-0.39, 0.29) is 39.2 Å². The molecule has 3 rings (SSSR count). The molecule has 1 aliphatic rings. The van der Waals surface area contributed by atoms with E-state index in [1.165, 1.54) is 26.3 Å². The van der Waals surface area contributed by atoms with E-state index in [4.69, 9.17) is 44.9 Å². The van der Waals surface area contributed by atoms with Gasteiger partial charge in [-0.3, -0.25) is 0 Å². The van der Waals surface area contributed by atoms with E-state index >= 15 is 0 Å². The molecule has 2 aromatic rings. The molecule has 1 atom stereocenters. The van der Waals surface area contributed by atoms with Gasteiger partial charge in [0.05, 0.1) is 24.3 Å². The molecule has 1 heterocycles. The lowest BCUT2D eigenvalue weighted by molar-refractivity contribution is -0.135. The number of esters is 1. The van der Waals surface area contributed by atoms with Gasteiger partial charge in [-0.1, -0.05) is 47.6 Å². The van der Waals surface area contributed by atoms with Gasteiger partial charge in [0.25, 0.3) is 0 Å². The number of halogens is 5. The van der Waals surface area contributed by atoms with Gasteiger partial charge in [0.15, 0.2) is 0 Å². The van der Waals surface area contributed by atoms with Crippen molar-refractivity contribution in [3.63, 3.8) is 0 Å². The van der Waals surface area contributed by atoms with E-state index in [0.717, 1.165) is 10.7 Å². The van der Waals surface area contributed by atoms with Crippen molar-refractivity contribution in [1.82, 2.24) is 9.78 Å². The van der Waals surface area contributed by atoms with Crippen molar-refractivity contribution in [2.45, 2.75) is 6.61 Å². The highest BCUT2D eigenvalue weighted by Gasteiger charge is 2.26. The number of alkyl halides is 2. The van der Waals surface area contributed by atoms with E-state index in [9.17, 15) is 18.0 Å². The summed E-state index contributed by atoms with van der Waals surface area (Å²) in [6, 6.07) is 2.23. The van der Waals surface area contributed by atoms with E-state index in [0.29, 0.717) is 4.86 Å². The molecule has 1 aliphatic carbocycles. The normalized spacial score (nSPS) is 15.7. The summed E-state index contributed by atoms with van der Waals surface area (Å²) >= 11 is 17.5. The maximum absolute atomic E-state index is 14.6. The number of hydrogen-bond acceptors (Lipinski definition) is 6. The average Bonchev–Trinajstić information content (AvgIpc) is 3.01. The molecular formula is C20H15Cl2F3N2O4S. The number of ether oxygens (including phenoxy) is 3. The van der Waals surface area contributed by atoms with Gasteiger partial charge in [-0.15, -0.1) is 0 Å². The summed E-state index contributed by atoms with van der Waals surface area (Å²) in [4.78, 5) is 12.1. The predicted octanol–water partition coefficient (Wildman–Crippen LogP) is 5.17. The van der Waals surface area contributed by atoms with Crippen LogP contribution in [-0.2, 0) is 16.6 Å². The minimum absolute atomic E-state index is 0.00977. The lowest BCUT2D eigenvalue weighted by Crippen LogP contribution is -2.26. The first-order valence-electron chi connectivity index (χ1n) is 8.94. The molecule has 0 amide bonds. The van der Waals surface area contributed by atoms with Crippen molar-refractivity contribution in [2.24, 2.45) is 13.0 Å². The first kappa shape index (κ1) is 24.1. The van der Waals surface area contributed by atoms with Gasteiger partial charge < -0.3 is 14.2 Å². The van der Waals surface area contributed by atoms with Crippen LogP contribution in [0.2, 0.25) is 10.0 Å². The third-order valence-electron chi connectivity index (χ3n) is 4.45. The topological polar surface area (TPSA) is 62.6 Å². The molecule has 0 saturated heterocycles. The fourth-order valence-electron chi connectivity index (χ4n) is 2.93. The summed E-state index contributed by atoms with van der Waals surface area (Å²) in [6.07, 6.45) is 4.92. The molecule has 32 heavy (non-hydrogen) atoms. The number of allylic oxidation sites excluding steroid dienone is 2. The maximum Gasteiger partial charge on any atom is 0.388 e. The van der Waals surface area contributed by atoms with E-state index in [1.807, 2.05) is 0 Å². The van der Waals surface area contributed by atoms with Crippen LogP contribution in [0.3, 0.4) is 0 Å². The second kappa shape index (κ2) is 9.93. The largest absolute Gasteiger partial charge is 0.491 e. The van der Waals surface area contributed by atoms with Crippen LogP contribution >= 0.6 is 35.4 Å². The highest BCUT2D eigenvalue weighted by molar-refractivity contribution is 7.81. The molecular weight excluding hydrogens is 492 g/mol. The molecule has 0 bridgehead atoms. The molecule has 0 aliphatic heterocycles. The molecule has 12 heteroatoms. The highest BCUT2D eigenvalue weighted by Crippen LogP contribution is 2.40. The number of carbonyl (C=O) groups is 1. The fraction of sp³-hybridized carbons (Fsp3) is 0.250. The number of aryl methyl sites for hydroxylation is 1. The third kappa shape index (κ3) is 4.92. The summed E-state index contributed by atoms with van der Waals surface area (Å²) in [5.41, 5.74) is -0.0322. The second-order valence-electron chi connectivity index (χ2n) is 6.47. The summed E-state index contributed by atoms with van der Waals surface area (Å²) in [7, 11) is 2.57. The van der Waals surface area contributed by atoms with E-state index in [1.54, 1.807) is 12.2 Å². The van der Waals surface area contributed by atoms with Gasteiger partial charge in [-0.05, 0) is 18.2 Å². The number of rotatable bonds is 7. The van der Waals surface area contributed by atoms with Gasteiger partial charge in [0.2, 0.25) is 5.88 Å². The number of hydrogen-bond donors (Lipinski definition) is 0. The monoisotopic (exact) mass is 506 g/mol. The Morgan fingerprint density at radius 2 is 2.06 bits per heavy atom. The van der Waals surface area contributed by atoms with Crippen LogP contribution in [0, 0.1) is 11.7 Å². The smallest absolute Gasteiger partial charge is 0.388 e.